The normalized spacial score (nSPS) is 16.9. The van der Waals surface area contributed by atoms with Crippen LogP contribution in [0, 0.1) is 24.5 Å². The van der Waals surface area contributed by atoms with Crippen molar-refractivity contribution in [2.45, 2.75) is 26.3 Å². The maximum Gasteiger partial charge on any atom is 0.307 e. The molecule has 168 valence electrons. The van der Waals surface area contributed by atoms with Crippen molar-refractivity contribution in [3.05, 3.63) is 58.9 Å². The van der Waals surface area contributed by atoms with Crippen LogP contribution in [-0.4, -0.2) is 51.4 Å². The van der Waals surface area contributed by atoms with Gasteiger partial charge in [0.1, 0.15) is 17.3 Å². The number of aryl methyl sites for hydroxylation is 1. The summed E-state index contributed by atoms with van der Waals surface area (Å²) in [6.45, 7) is 3.23. The molecule has 1 aliphatic rings. The number of imidazole rings is 1. The maximum absolute atomic E-state index is 15.1. The summed E-state index contributed by atoms with van der Waals surface area (Å²) in [5.74, 6) is -3.67. The van der Waals surface area contributed by atoms with Crippen LogP contribution in [0.15, 0.2) is 30.5 Å². The molecule has 0 bridgehead atoms. The van der Waals surface area contributed by atoms with E-state index in [0.717, 1.165) is 24.1 Å². The Morgan fingerprint density at radius 1 is 1.25 bits per heavy atom. The molecule has 1 aliphatic heterocycles. The quantitative estimate of drug-likeness (QED) is 0.634. The number of aliphatic carboxylic acids is 1. The molecule has 1 fully saturated rings. The van der Waals surface area contributed by atoms with Crippen LogP contribution < -0.4 is 5.32 Å². The number of hydrogen-bond acceptors (Lipinski definition) is 4. The van der Waals surface area contributed by atoms with E-state index in [2.05, 4.69) is 10.3 Å². The first-order valence-electron chi connectivity index (χ1n) is 10.4. The zero-order valence-electron chi connectivity index (χ0n) is 17.9. The highest BCUT2D eigenvalue weighted by Gasteiger charge is 2.28. The molecule has 1 unspecified atom stereocenters. The van der Waals surface area contributed by atoms with Gasteiger partial charge in [-0.05, 0) is 56.1 Å². The lowest BCUT2D eigenvalue weighted by Gasteiger charge is -2.30. The number of nitrogens with zero attached hydrogens (tertiary/aromatic N) is 3. The Hall–Kier alpha value is -3.33. The van der Waals surface area contributed by atoms with Crippen LogP contribution in [0.2, 0.25) is 0 Å². The van der Waals surface area contributed by atoms with Crippen molar-refractivity contribution in [3.63, 3.8) is 0 Å². The second-order valence-electron chi connectivity index (χ2n) is 8.15. The van der Waals surface area contributed by atoms with Gasteiger partial charge in [0.25, 0.3) is 5.91 Å². The smallest absolute Gasteiger partial charge is 0.307 e. The molecule has 1 aromatic carbocycles. The van der Waals surface area contributed by atoms with Crippen LogP contribution >= 0.6 is 0 Å². The van der Waals surface area contributed by atoms with E-state index in [1.54, 1.807) is 10.6 Å². The minimum absolute atomic E-state index is 0.118. The van der Waals surface area contributed by atoms with Gasteiger partial charge in [-0.15, -0.1) is 0 Å². The second-order valence-corrected chi connectivity index (χ2v) is 8.15. The Morgan fingerprint density at radius 3 is 2.62 bits per heavy atom. The first kappa shape index (κ1) is 21.9. The van der Waals surface area contributed by atoms with Crippen LogP contribution in [0.25, 0.3) is 16.9 Å². The minimum atomic E-state index is -0.882. The molecule has 3 aromatic rings. The molecule has 9 heteroatoms. The fourth-order valence-electron chi connectivity index (χ4n) is 4.24. The number of piperidine rings is 1. The van der Waals surface area contributed by atoms with Crippen molar-refractivity contribution in [2.75, 3.05) is 20.1 Å². The zero-order valence-corrected chi connectivity index (χ0v) is 17.9. The van der Waals surface area contributed by atoms with E-state index in [-0.39, 0.29) is 16.8 Å². The summed E-state index contributed by atoms with van der Waals surface area (Å²) in [5, 5.41) is 11.8. The maximum atomic E-state index is 15.1. The van der Waals surface area contributed by atoms with Gasteiger partial charge >= 0.3 is 5.97 Å². The van der Waals surface area contributed by atoms with Crippen LogP contribution in [0.4, 0.5) is 8.78 Å². The number of aromatic nitrogens is 2. The number of nitrogens with one attached hydrogen (secondary N) is 1. The van der Waals surface area contributed by atoms with Gasteiger partial charge in [-0.2, -0.15) is 0 Å². The van der Waals surface area contributed by atoms with Crippen molar-refractivity contribution < 1.29 is 23.5 Å². The molecule has 0 radical (unpaired) electrons. The molecule has 0 saturated carbocycles. The first-order chi connectivity index (χ1) is 15.3. The highest BCUT2D eigenvalue weighted by atomic mass is 19.1. The van der Waals surface area contributed by atoms with Crippen molar-refractivity contribution in [3.8, 4) is 11.3 Å². The van der Waals surface area contributed by atoms with Crippen molar-refractivity contribution in [2.24, 2.45) is 5.92 Å². The van der Waals surface area contributed by atoms with E-state index in [4.69, 9.17) is 0 Å². The van der Waals surface area contributed by atoms with Crippen LogP contribution in [0.5, 0.6) is 0 Å². The number of hydrogen-bond donors (Lipinski definition) is 2. The Bertz CT molecular complexity index is 1180. The molecule has 1 atom stereocenters. The third kappa shape index (κ3) is 4.08. The number of carboxylic acids is 1. The van der Waals surface area contributed by atoms with Gasteiger partial charge in [-0.25, -0.2) is 13.8 Å². The number of benzene rings is 1. The third-order valence-corrected chi connectivity index (χ3v) is 5.88. The standard InChI is InChI=1S/C23H24F2N4O3/c1-13-5-7-29-18(12-28-6-3-4-14(11-28)23(31)32)21(27-19(29)8-13)20-16(24)9-15(10-17(20)25)22(30)26-2/h5,7-10,14H,3-4,6,11-12H2,1-2H3,(H,26,30)(H,31,32). The summed E-state index contributed by atoms with van der Waals surface area (Å²) in [6.07, 6.45) is 3.13. The van der Waals surface area contributed by atoms with Gasteiger partial charge in [0.2, 0.25) is 0 Å². The van der Waals surface area contributed by atoms with Crippen LogP contribution in [0.3, 0.4) is 0 Å². The highest BCUT2D eigenvalue weighted by molar-refractivity contribution is 5.94. The molecule has 3 heterocycles. The number of amides is 1. The van der Waals surface area contributed by atoms with E-state index >= 15 is 8.78 Å². The molecule has 4 rings (SSSR count). The second kappa shape index (κ2) is 8.66. The zero-order chi connectivity index (χ0) is 23.0. The van der Waals surface area contributed by atoms with Crippen molar-refractivity contribution in [1.29, 1.82) is 0 Å². The monoisotopic (exact) mass is 442 g/mol. The number of likely N-dealkylation sites (tertiary alicyclic amines) is 1. The highest BCUT2D eigenvalue weighted by Crippen LogP contribution is 2.32. The number of carbonyl (C=O) groups is 2. The van der Waals surface area contributed by atoms with E-state index in [0.29, 0.717) is 37.4 Å². The fourth-order valence-corrected chi connectivity index (χ4v) is 4.24. The summed E-state index contributed by atoms with van der Waals surface area (Å²) in [4.78, 5) is 29.8. The summed E-state index contributed by atoms with van der Waals surface area (Å²) in [6, 6.07) is 5.69. The third-order valence-electron chi connectivity index (χ3n) is 5.88. The predicted octanol–water partition coefficient (Wildman–Crippen LogP) is 3.24. The number of rotatable bonds is 5. The Kier molecular flexibility index (Phi) is 5.92. The average Bonchev–Trinajstić information content (AvgIpc) is 3.09. The molecular weight excluding hydrogens is 418 g/mol. The molecule has 0 aliphatic carbocycles. The largest absolute Gasteiger partial charge is 0.481 e. The Morgan fingerprint density at radius 2 is 1.97 bits per heavy atom. The molecule has 7 nitrogen and oxygen atoms in total. The predicted molar refractivity (Wildman–Crippen MR) is 114 cm³/mol. The van der Waals surface area contributed by atoms with Gasteiger partial charge < -0.3 is 14.8 Å². The molecule has 1 amide bonds. The lowest BCUT2D eigenvalue weighted by molar-refractivity contribution is -0.143. The summed E-state index contributed by atoms with van der Waals surface area (Å²) in [7, 11) is 1.39. The average molecular weight is 442 g/mol. The van der Waals surface area contributed by atoms with Gasteiger partial charge in [0.05, 0.1) is 22.9 Å². The number of fused-ring (bicyclic) bond motifs is 1. The minimum Gasteiger partial charge on any atom is -0.481 e. The van der Waals surface area contributed by atoms with Gasteiger partial charge in [-0.1, -0.05) is 0 Å². The Balaban J connectivity index is 1.82. The van der Waals surface area contributed by atoms with Gasteiger partial charge in [0.15, 0.2) is 0 Å². The number of carboxylic acid groups (broad SMARTS) is 1. The summed E-state index contributed by atoms with van der Waals surface area (Å²) in [5.41, 5.74) is 1.77. The van der Waals surface area contributed by atoms with Gasteiger partial charge in [0, 0.05) is 31.9 Å². The van der Waals surface area contributed by atoms with E-state index in [9.17, 15) is 14.7 Å². The van der Waals surface area contributed by atoms with Crippen LogP contribution in [0.1, 0.15) is 34.5 Å². The van der Waals surface area contributed by atoms with Crippen molar-refractivity contribution >= 4 is 17.5 Å². The van der Waals surface area contributed by atoms with E-state index in [1.165, 1.54) is 7.05 Å². The molecule has 0 spiro atoms. The topological polar surface area (TPSA) is 86.9 Å². The molecule has 2 aromatic heterocycles. The summed E-state index contributed by atoms with van der Waals surface area (Å²) >= 11 is 0. The number of halogens is 2. The SMILES string of the molecule is CNC(=O)c1cc(F)c(-c2nc3cc(C)ccn3c2CN2CCCC(C(=O)O)C2)c(F)c1. The van der Waals surface area contributed by atoms with Gasteiger partial charge in [-0.3, -0.25) is 14.5 Å². The van der Waals surface area contributed by atoms with E-state index < -0.39 is 29.4 Å². The molecule has 1 saturated heterocycles. The van der Waals surface area contributed by atoms with Crippen LogP contribution in [-0.2, 0) is 11.3 Å². The number of pyridine rings is 1. The molecule has 32 heavy (non-hydrogen) atoms. The lowest BCUT2D eigenvalue weighted by atomic mass is 9.98. The van der Waals surface area contributed by atoms with Crippen molar-refractivity contribution in [1.82, 2.24) is 19.6 Å². The lowest BCUT2D eigenvalue weighted by Crippen LogP contribution is -2.38. The first-order valence-corrected chi connectivity index (χ1v) is 10.4. The fraction of sp³-hybridized carbons (Fsp3) is 0.348. The molecular formula is C23H24F2N4O3. The number of carbonyl (C=O) groups excluding carboxylic acids is 1. The summed E-state index contributed by atoms with van der Waals surface area (Å²) < 4.78 is 31.9. The molecule has 2 N–H and O–H groups in total. The van der Waals surface area contributed by atoms with E-state index in [1.807, 2.05) is 24.0 Å². The Labute approximate surface area is 183 Å².